The predicted octanol–water partition coefficient (Wildman–Crippen LogP) is 3.91. The maximum absolute atomic E-state index is 12.7. The van der Waals surface area contributed by atoms with Crippen LogP contribution in [0, 0.1) is 0 Å². The van der Waals surface area contributed by atoms with Crippen molar-refractivity contribution >= 4 is 44.8 Å². The highest BCUT2D eigenvalue weighted by Gasteiger charge is 2.24. The van der Waals surface area contributed by atoms with Crippen LogP contribution < -0.4 is 16.0 Å². The number of halogens is 1. The molecule has 1 fully saturated rings. The van der Waals surface area contributed by atoms with Crippen molar-refractivity contribution in [2.24, 2.45) is 0 Å². The zero-order valence-electron chi connectivity index (χ0n) is 17.9. The van der Waals surface area contributed by atoms with Crippen molar-refractivity contribution in [1.29, 1.82) is 0 Å². The van der Waals surface area contributed by atoms with Crippen LogP contribution in [0.15, 0.2) is 35.4 Å². The highest BCUT2D eigenvalue weighted by atomic mass is 35.5. The van der Waals surface area contributed by atoms with Crippen LogP contribution in [0.3, 0.4) is 0 Å². The molecule has 0 radical (unpaired) electrons. The summed E-state index contributed by atoms with van der Waals surface area (Å²) in [6.07, 6.45) is 5.03. The number of hydrogen-bond donors (Lipinski definition) is 3. The summed E-state index contributed by atoms with van der Waals surface area (Å²) < 4.78 is 25.4. The second-order valence-electron chi connectivity index (χ2n) is 8.00. The number of nitrogens with zero attached hydrogens (tertiary/aromatic N) is 2. The third-order valence-electron chi connectivity index (χ3n) is 5.28. The highest BCUT2D eigenvalue weighted by molar-refractivity contribution is 7.92. The van der Waals surface area contributed by atoms with Gasteiger partial charge in [0.15, 0.2) is 15.7 Å². The van der Waals surface area contributed by atoms with Crippen molar-refractivity contribution in [3.05, 3.63) is 35.5 Å². The Bertz CT molecular complexity index is 1040. The number of amides is 1. The van der Waals surface area contributed by atoms with Crippen molar-refractivity contribution in [2.75, 3.05) is 10.6 Å². The second kappa shape index (κ2) is 9.82. The maximum atomic E-state index is 12.7. The molecule has 0 spiro atoms. The van der Waals surface area contributed by atoms with Crippen molar-refractivity contribution in [1.82, 2.24) is 15.3 Å². The van der Waals surface area contributed by atoms with E-state index >= 15 is 0 Å². The Balaban J connectivity index is 1.74. The van der Waals surface area contributed by atoms with E-state index in [1.807, 2.05) is 0 Å². The van der Waals surface area contributed by atoms with E-state index in [1.54, 1.807) is 38.1 Å². The number of aromatic nitrogens is 2. The molecule has 0 saturated heterocycles. The summed E-state index contributed by atoms with van der Waals surface area (Å²) in [6, 6.07) is 7.09. The van der Waals surface area contributed by atoms with Gasteiger partial charge in [0, 0.05) is 19.0 Å². The van der Waals surface area contributed by atoms with Crippen LogP contribution in [-0.2, 0) is 14.6 Å². The Labute approximate surface area is 188 Å². The Morgan fingerprint density at radius 3 is 2.42 bits per heavy atom. The lowest BCUT2D eigenvalue weighted by Crippen LogP contribution is -2.39. The molecule has 3 rings (SSSR count). The van der Waals surface area contributed by atoms with Crippen molar-refractivity contribution < 1.29 is 13.2 Å². The number of carbonyl (C=O) groups excluding carboxylic acids is 1. The first-order valence-electron chi connectivity index (χ1n) is 10.3. The quantitative estimate of drug-likeness (QED) is 0.568. The number of hydrogen-bond acceptors (Lipinski definition) is 7. The van der Waals surface area contributed by atoms with Gasteiger partial charge in [-0.05, 0) is 51.7 Å². The minimum absolute atomic E-state index is 0.00655. The molecule has 1 aromatic carbocycles. The predicted molar refractivity (Wildman–Crippen MR) is 123 cm³/mol. The molecular formula is C21H28ClN5O3S. The SMILES string of the molecule is CC(=O)NC1CCC(Nc2ncc(Cl)c(Nc3ccccc3S(=O)(=O)C(C)C)n2)CC1. The summed E-state index contributed by atoms with van der Waals surface area (Å²) >= 11 is 6.28. The average molecular weight is 466 g/mol. The average Bonchev–Trinajstić information content (AvgIpc) is 2.72. The monoisotopic (exact) mass is 465 g/mol. The number of carbonyl (C=O) groups is 1. The van der Waals surface area contributed by atoms with Crippen LogP contribution in [0.25, 0.3) is 0 Å². The highest BCUT2D eigenvalue weighted by Crippen LogP contribution is 2.30. The summed E-state index contributed by atoms with van der Waals surface area (Å²) in [6.45, 7) is 4.82. The Hall–Kier alpha value is -2.39. The summed E-state index contributed by atoms with van der Waals surface area (Å²) in [7, 11) is -3.48. The molecule has 1 aromatic heterocycles. The molecule has 0 bridgehead atoms. The fraction of sp³-hybridized carbons (Fsp3) is 0.476. The van der Waals surface area contributed by atoms with E-state index in [-0.39, 0.29) is 27.9 Å². The van der Waals surface area contributed by atoms with Crippen LogP contribution in [0.4, 0.5) is 17.5 Å². The fourth-order valence-electron chi connectivity index (χ4n) is 3.58. The fourth-order valence-corrected chi connectivity index (χ4v) is 4.92. The molecule has 1 amide bonds. The van der Waals surface area contributed by atoms with Gasteiger partial charge in [0.25, 0.3) is 0 Å². The van der Waals surface area contributed by atoms with Crippen molar-refractivity contribution in [2.45, 2.75) is 68.7 Å². The Kier molecular flexibility index (Phi) is 7.38. The smallest absolute Gasteiger partial charge is 0.224 e. The molecule has 0 atom stereocenters. The van der Waals surface area contributed by atoms with Crippen LogP contribution in [-0.4, -0.2) is 41.6 Å². The van der Waals surface area contributed by atoms with Crippen LogP contribution in [0.2, 0.25) is 5.02 Å². The summed E-state index contributed by atoms with van der Waals surface area (Å²) in [4.78, 5) is 20.1. The molecule has 1 aliphatic carbocycles. The van der Waals surface area contributed by atoms with Gasteiger partial charge in [0.2, 0.25) is 11.9 Å². The minimum atomic E-state index is -3.48. The third-order valence-corrected chi connectivity index (χ3v) is 7.77. The first-order valence-corrected chi connectivity index (χ1v) is 12.3. The molecule has 8 nitrogen and oxygen atoms in total. The van der Waals surface area contributed by atoms with E-state index in [4.69, 9.17) is 11.6 Å². The van der Waals surface area contributed by atoms with Gasteiger partial charge in [-0.3, -0.25) is 4.79 Å². The van der Waals surface area contributed by atoms with Gasteiger partial charge in [-0.2, -0.15) is 4.98 Å². The van der Waals surface area contributed by atoms with Gasteiger partial charge in [-0.25, -0.2) is 13.4 Å². The van der Waals surface area contributed by atoms with Crippen molar-refractivity contribution in [3.63, 3.8) is 0 Å². The molecule has 0 unspecified atom stereocenters. The molecule has 1 aliphatic rings. The van der Waals surface area contributed by atoms with Crippen LogP contribution in [0.1, 0.15) is 46.5 Å². The van der Waals surface area contributed by atoms with E-state index in [0.717, 1.165) is 25.7 Å². The largest absolute Gasteiger partial charge is 0.354 e. The molecule has 1 saturated carbocycles. The first-order chi connectivity index (χ1) is 14.7. The third kappa shape index (κ3) is 5.86. The number of benzene rings is 1. The molecule has 31 heavy (non-hydrogen) atoms. The number of para-hydroxylation sites is 1. The number of anilines is 3. The molecule has 10 heteroatoms. The van der Waals surface area contributed by atoms with Gasteiger partial charge in [0.05, 0.1) is 22.0 Å². The molecule has 2 aromatic rings. The standard InChI is InChI=1S/C21H28ClN5O3S/c1-13(2)31(29,30)19-7-5-4-6-18(19)26-20-17(22)12-23-21(27-20)25-16-10-8-15(9-11-16)24-14(3)28/h4-7,12-13,15-16H,8-11H2,1-3H3,(H,24,28)(H2,23,25,26,27). The van der Waals surface area contributed by atoms with Crippen LogP contribution >= 0.6 is 11.6 Å². The minimum Gasteiger partial charge on any atom is -0.354 e. The van der Waals surface area contributed by atoms with Gasteiger partial charge >= 0.3 is 0 Å². The van der Waals surface area contributed by atoms with Gasteiger partial charge in [-0.1, -0.05) is 23.7 Å². The lowest BCUT2D eigenvalue weighted by molar-refractivity contribution is -0.119. The lowest BCUT2D eigenvalue weighted by atomic mass is 9.91. The van der Waals surface area contributed by atoms with E-state index < -0.39 is 15.1 Å². The van der Waals surface area contributed by atoms with E-state index in [9.17, 15) is 13.2 Å². The summed E-state index contributed by atoms with van der Waals surface area (Å²) in [5.74, 6) is 0.740. The zero-order chi connectivity index (χ0) is 22.6. The van der Waals surface area contributed by atoms with Gasteiger partial charge in [-0.15, -0.1) is 0 Å². The Morgan fingerprint density at radius 1 is 1.13 bits per heavy atom. The number of sulfone groups is 1. The lowest BCUT2D eigenvalue weighted by Gasteiger charge is -2.29. The van der Waals surface area contributed by atoms with Gasteiger partial charge in [0.1, 0.15) is 5.02 Å². The summed E-state index contributed by atoms with van der Waals surface area (Å²) in [5.41, 5.74) is 0.415. The molecule has 1 heterocycles. The normalized spacial score (nSPS) is 19.1. The number of rotatable bonds is 7. The zero-order valence-corrected chi connectivity index (χ0v) is 19.4. The molecule has 168 valence electrons. The van der Waals surface area contributed by atoms with E-state index in [1.165, 1.54) is 13.1 Å². The topological polar surface area (TPSA) is 113 Å². The van der Waals surface area contributed by atoms with Gasteiger partial charge < -0.3 is 16.0 Å². The van der Waals surface area contributed by atoms with E-state index in [2.05, 4.69) is 25.9 Å². The van der Waals surface area contributed by atoms with Crippen molar-refractivity contribution in [3.8, 4) is 0 Å². The molecule has 3 N–H and O–H groups in total. The maximum Gasteiger partial charge on any atom is 0.224 e. The second-order valence-corrected chi connectivity index (χ2v) is 10.9. The molecular weight excluding hydrogens is 438 g/mol. The first kappa shape index (κ1) is 23.3. The van der Waals surface area contributed by atoms with E-state index in [0.29, 0.717) is 17.5 Å². The van der Waals surface area contributed by atoms with Crippen LogP contribution in [0.5, 0.6) is 0 Å². The molecule has 0 aliphatic heterocycles. The Morgan fingerprint density at radius 2 is 1.77 bits per heavy atom. The summed E-state index contributed by atoms with van der Waals surface area (Å²) in [5, 5.41) is 9.07. The number of nitrogens with one attached hydrogen (secondary N) is 3.